The fraction of sp³-hybridized carbons (Fsp3) is 0.636. The Morgan fingerprint density at radius 2 is 1.81 bits per heavy atom. The van der Waals surface area contributed by atoms with Gasteiger partial charge in [-0.15, -0.1) is 0 Å². The molecule has 10 heteroatoms. The van der Waals surface area contributed by atoms with Gasteiger partial charge in [-0.2, -0.15) is 4.31 Å². The maximum Gasteiger partial charge on any atom is 0.253 e. The first-order valence-corrected chi connectivity index (χ1v) is 13.4. The van der Waals surface area contributed by atoms with Crippen LogP contribution in [0.25, 0.3) is 0 Å². The Morgan fingerprint density at radius 1 is 1.12 bits per heavy atom. The molecule has 0 unspecified atom stereocenters. The third kappa shape index (κ3) is 4.27. The molecule has 0 radical (unpaired) electrons. The summed E-state index contributed by atoms with van der Waals surface area (Å²) in [6.07, 6.45) is 4.98. The standard InChI is InChI=1S/C22H29ClN4O4S/c23-19-11-20-14(8-21(28)26-20)7-18(19)22(29)25-15-9-16-1-2-17(10-15)27(16)32(30,31)12-13-3-5-24-6-4-13/h7,11,13,15-17,24H,1-6,8-10,12H2,(H,25,29)(H,26,28)/t15-,16+,17-. The molecule has 0 saturated carbocycles. The maximum absolute atomic E-state index is 13.2. The summed E-state index contributed by atoms with van der Waals surface area (Å²) in [4.78, 5) is 24.6. The molecular weight excluding hydrogens is 452 g/mol. The van der Waals surface area contributed by atoms with Crippen LogP contribution in [0.1, 0.15) is 54.4 Å². The SMILES string of the molecule is O=C1Cc2cc(C(=O)N[C@H]3C[C@H]4CC[C@@H](C3)N4S(=O)(=O)CC3CCNCC3)c(Cl)cc2N1. The number of hydrogen-bond donors (Lipinski definition) is 3. The second-order valence-electron chi connectivity index (χ2n) is 9.54. The fourth-order valence-electron chi connectivity index (χ4n) is 5.82. The van der Waals surface area contributed by atoms with E-state index in [0.717, 1.165) is 44.3 Å². The highest BCUT2D eigenvalue weighted by molar-refractivity contribution is 7.89. The highest BCUT2D eigenvalue weighted by Gasteiger charge is 2.47. The molecule has 32 heavy (non-hydrogen) atoms. The van der Waals surface area contributed by atoms with Crippen molar-refractivity contribution in [2.75, 3.05) is 24.2 Å². The van der Waals surface area contributed by atoms with Crippen molar-refractivity contribution < 1.29 is 18.0 Å². The van der Waals surface area contributed by atoms with Gasteiger partial charge in [0.05, 0.1) is 22.8 Å². The lowest BCUT2D eigenvalue weighted by atomic mass is 9.99. The van der Waals surface area contributed by atoms with Gasteiger partial charge >= 0.3 is 0 Å². The number of piperidine rings is 2. The Morgan fingerprint density at radius 3 is 2.50 bits per heavy atom. The van der Waals surface area contributed by atoms with Crippen LogP contribution in [0, 0.1) is 5.92 Å². The molecule has 5 rings (SSSR count). The Kier molecular flexibility index (Phi) is 5.94. The number of halogens is 1. The van der Waals surface area contributed by atoms with Crippen molar-refractivity contribution >= 4 is 39.1 Å². The van der Waals surface area contributed by atoms with Crippen LogP contribution in [0.3, 0.4) is 0 Å². The number of sulfonamides is 1. The molecule has 8 nitrogen and oxygen atoms in total. The molecule has 4 aliphatic rings. The van der Waals surface area contributed by atoms with E-state index in [1.54, 1.807) is 16.4 Å². The monoisotopic (exact) mass is 480 g/mol. The summed E-state index contributed by atoms with van der Waals surface area (Å²) in [6.45, 7) is 1.77. The molecule has 2 amide bonds. The fourth-order valence-corrected chi connectivity index (χ4v) is 8.47. The minimum absolute atomic E-state index is 0.0527. The van der Waals surface area contributed by atoms with Gasteiger partial charge in [0.15, 0.2) is 0 Å². The lowest BCUT2D eigenvalue weighted by Gasteiger charge is -2.39. The number of carbonyl (C=O) groups excluding carboxylic acids is 2. The van der Waals surface area contributed by atoms with Crippen LogP contribution in [-0.2, 0) is 21.2 Å². The second-order valence-corrected chi connectivity index (χ2v) is 11.9. The summed E-state index contributed by atoms with van der Waals surface area (Å²) < 4.78 is 28.2. The van der Waals surface area contributed by atoms with Crippen LogP contribution >= 0.6 is 11.6 Å². The van der Waals surface area contributed by atoms with Gasteiger partial charge in [0.2, 0.25) is 15.9 Å². The molecule has 0 spiro atoms. The highest BCUT2D eigenvalue weighted by Crippen LogP contribution is 2.39. The van der Waals surface area contributed by atoms with Gasteiger partial charge in [-0.05, 0) is 75.2 Å². The molecule has 3 saturated heterocycles. The quantitative estimate of drug-likeness (QED) is 0.596. The van der Waals surface area contributed by atoms with E-state index in [1.165, 1.54) is 0 Å². The third-order valence-electron chi connectivity index (χ3n) is 7.29. The number of rotatable bonds is 5. The van der Waals surface area contributed by atoms with E-state index in [4.69, 9.17) is 11.6 Å². The average Bonchev–Trinajstić information content (AvgIpc) is 3.24. The molecule has 3 atom stereocenters. The molecule has 1 aromatic rings. The van der Waals surface area contributed by atoms with Gasteiger partial charge in [-0.3, -0.25) is 9.59 Å². The summed E-state index contributed by atoms with van der Waals surface area (Å²) in [5, 5.41) is 9.40. The summed E-state index contributed by atoms with van der Waals surface area (Å²) in [6, 6.07) is 3.11. The first kappa shape index (κ1) is 22.1. The van der Waals surface area contributed by atoms with Gasteiger partial charge in [-0.1, -0.05) is 11.6 Å². The summed E-state index contributed by atoms with van der Waals surface area (Å²) in [5.41, 5.74) is 1.78. The molecule has 1 aromatic carbocycles. The Bertz CT molecular complexity index is 1030. The minimum Gasteiger partial charge on any atom is -0.349 e. The average molecular weight is 481 g/mol. The Balaban J connectivity index is 1.25. The lowest BCUT2D eigenvalue weighted by Crippen LogP contribution is -2.53. The highest BCUT2D eigenvalue weighted by atomic mass is 35.5. The van der Waals surface area contributed by atoms with E-state index in [-0.39, 0.29) is 48.0 Å². The number of hydrogen-bond acceptors (Lipinski definition) is 5. The van der Waals surface area contributed by atoms with Crippen molar-refractivity contribution in [1.82, 2.24) is 14.9 Å². The molecule has 0 aliphatic carbocycles. The van der Waals surface area contributed by atoms with E-state index < -0.39 is 10.0 Å². The van der Waals surface area contributed by atoms with Gasteiger partial charge < -0.3 is 16.0 Å². The molecular formula is C22H29ClN4O4S. The predicted molar refractivity (Wildman–Crippen MR) is 122 cm³/mol. The second kappa shape index (κ2) is 8.59. The van der Waals surface area contributed by atoms with E-state index in [2.05, 4.69) is 16.0 Å². The molecule has 2 bridgehead atoms. The van der Waals surface area contributed by atoms with Crippen molar-refractivity contribution in [1.29, 1.82) is 0 Å². The van der Waals surface area contributed by atoms with Crippen molar-refractivity contribution in [3.8, 4) is 0 Å². The van der Waals surface area contributed by atoms with E-state index in [9.17, 15) is 18.0 Å². The molecule has 3 fully saturated rings. The Hall–Kier alpha value is -1.68. The zero-order chi connectivity index (χ0) is 22.5. The van der Waals surface area contributed by atoms with E-state index in [0.29, 0.717) is 29.1 Å². The largest absolute Gasteiger partial charge is 0.349 e. The van der Waals surface area contributed by atoms with Crippen molar-refractivity contribution in [2.45, 2.75) is 63.1 Å². The molecule has 3 N–H and O–H groups in total. The van der Waals surface area contributed by atoms with Crippen molar-refractivity contribution in [3.05, 3.63) is 28.3 Å². The van der Waals surface area contributed by atoms with Crippen LogP contribution in [0.5, 0.6) is 0 Å². The smallest absolute Gasteiger partial charge is 0.253 e. The number of nitrogens with zero attached hydrogens (tertiary/aromatic N) is 1. The summed E-state index contributed by atoms with van der Waals surface area (Å²) in [7, 11) is -3.31. The van der Waals surface area contributed by atoms with Crippen molar-refractivity contribution in [2.24, 2.45) is 5.92 Å². The van der Waals surface area contributed by atoms with Gasteiger partial charge in [0, 0.05) is 23.8 Å². The minimum atomic E-state index is -3.31. The normalized spacial score (nSPS) is 28.4. The maximum atomic E-state index is 13.2. The summed E-state index contributed by atoms with van der Waals surface area (Å²) >= 11 is 6.31. The van der Waals surface area contributed by atoms with Crippen LogP contribution in [-0.4, -0.2) is 61.5 Å². The summed E-state index contributed by atoms with van der Waals surface area (Å²) in [5.74, 6) is 0.0770. The number of nitrogens with one attached hydrogen (secondary N) is 3. The predicted octanol–water partition coefficient (Wildman–Crippen LogP) is 1.89. The lowest BCUT2D eigenvalue weighted by molar-refractivity contribution is -0.115. The first-order valence-electron chi connectivity index (χ1n) is 11.5. The third-order valence-corrected chi connectivity index (χ3v) is 9.73. The van der Waals surface area contributed by atoms with Crippen LogP contribution < -0.4 is 16.0 Å². The number of carbonyl (C=O) groups is 2. The Labute approximate surface area is 193 Å². The molecule has 4 heterocycles. The topological polar surface area (TPSA) is 108 Å². The van der Waals surface area contributed by atoms with Crippen LogP contribution in [0.4, 0.5) is 5.69 Å². The number of benzene rings is 1. The van der Waals surface area contributed by atoms with E-state index in [1.807, 2.05) is 0 Å². The zero-order valence-corrected chi connectivity index (χ0v) is 19.5. The van der Waals surface area contributed by atoms with Crippen LogP contribution in [0.2, 0.25) is 5.02 Å². The number of amides is 2. The first-order chi connectivity index (χ1) is 15.3. The molecule has 4 aliphatic heterocycles. The number of fused-ring (bicyclic) bond motifs is 3. The van der Waals surface area contributed by atoms with E-state index >= 15 is 0 Å². The molecule has 0 aromatic heterocycles. The number of anilines is 1. The van der Waals surface area contributed by atoms with Gasteiger partial charge in [-0.25, -0.2) is 8.42 Å². The van der Waals surface area contributed by atoms with Crippen LogP contribution in [0.15, 0.2) is 12.1 Å². The zero-order valence-electron chi connectivity index (χ0n) is 17.9. The van der Waals surface area contributed by atoms with Gasteiger partial charge in [0.1, 0.15) is 0 Å². The molecule has 174 valence electrons. The van der Waals surface area contributed by atoms with Gasteiger partial charge in [0.25, 0.3) is 5.91 Å². The van der Waals surface area contributed by atoms with Crippen molar-refractivity contribution in [3.63, 3.8) is 0 Å².